The third-order valence-electron chi connectivity index (χ3n) is 2.53. The van der Waals surface area contributed by atoms with Gasteiger partial charge in [0.2, 0.25) is 5.95 Å². The number of aromatic nitrogens is 2. The van der Waals surface area contributed by atoms with Crippen molar-refractivity contribution in [2.24, 2.45) is 0 Å². The molecule has 1 N–H and O–H groups in total. The van der Waals surface area contributed by atoms with E-state index >= 15 is 0 Å². The molecule has 0 atom stereocenters. The summed E-state index contributed by atoms with van der Waals surface area (Å²) in [5.41, 5.74) is 0.00103. The maximum atomic E-state index is 14.1. The predicted octanol–water partition coefficient (Wildman–Crippen LogP) is 2.21. The summed E-state index contributed by atoms with van der Waals surface area (Å²) in [5.74, 6) is -1.53. The molecule has 0 bridgehead atoms. The Hall–Kier alpha value is -2.09. The second-order valence-corrected chi connectivity index (χ2v) is 6.13. The normalized spacial score (nSPS) is 11.4. The molecule has 2 aromatic rings. The van der Waals surface area contributed by atoms with Gasteiger partial charge in [0.05, 0.1) is 17.6 Å². The zero-order valence-electron chi connectivity index (χ0n) is 10.7. The third-order valence-corrected chi connectivity index (χ3v) is 3.64. The summed E-state index contributed by atoms with van der Waals surface area (Å²) in [4.78, 5) is 7.01. The smallest absolute Gasteiger partial charge is 0.227 e. The van der Waals surface area contributed by atoms with E-state index < -0.39 is 26.4 Å². The summed E-state index contributed by atoms with van der Waals surface area (Å²) in [7, 11) is -3.68. The van der Waals surface area contributed by atoms with Crippen molar-refractivity contribution in [2.45, 2.75) is 11.8 Å². The van der Waals surface area contributed by atoms with Crippen molar-refractivity contribution in [3.63, 3.8) is 0 Å². The lowest BCUT2D eigenvalue weighted by Crippen LogP contribution is -2.06. The number of aryl methyl sites for hydroxylation is 1. The van der Waals surface area contributed by atoms with Gasteiger partial charge in [-0.1, -0.05) is 6.07 Å². The van der Waals surface area contributed by atoms with E-state index in [1.807, 2.05) is 0 Å². The van der Waals surface area contributed by atoms with Gasteiger partial charge in [0, 0.05) is 6.26 Å². The first-order chi connectivity index (χ1) is 9.29. The zero-order chi connectivity index (χ0) is 14.9. The second kappa shape index (κ2) is 5.12. The molecule has 0 aliphatic carbocycles. The summed E-state index contributed by atoms with van der Waals surface area (Å²) >= 11 is 0. The number of hydrogen-bond donors (Lipinski definition) is 1. The van der Waals surface area contributed by atoms with Crippen LogP contribution in [0.5, 0.6) is 0 Å². The number of hydrogen-bond acceptors (Lipinski definition) is 5. The maximum absolute atomic E-state index is 14.1. The van der Waals surface area contributed by atoms with Gasteiger partial charge in [0.15, 0.2) is 21.5 Å². The van der Waals surface area contributed by atoms with E-state index in [1.54, 1.807) is 0 Å². The van der Waals surface area contributed by atoms with Crippen molar-refractivity contribution in [1.82, 2.24) is 9.97 Å². The Morgan fingerprint density at radius 3 is 2.55 bits per heavy atom. The largest absolute Gasteiger partial charge is 0.322 e. The molecule has 0 unspecified atom stereocenters. The van der Waals surface area contributed by atoms with Gasteiger partial charge in [-0.25, -0.2) is 27.2 Å². The quantitative estimate of drug-likeness (QED) is 0.940. The molecule has 0 fully saturated rings. The Bertz CT molecular complexity index is 763. The van der Waals surface area contributed by atoms with Crippen molar-refractivity contribution in [2.75, 3.05) is 11.6 Å². The Labute approximate surface area is 114 Å². The summed E-state index contributed by atoms with van der Waals surface area (Å²) < 4.78 is 49.9. The highest BCUT2D eigenvalue weighted by atomic mass is 32.2. The first kappa shape index (κ1) is 14.3. The van der Waals surface area contributed by atoms with Crippen LogP contribution in [0, 0.1) is 18.6 Å². The highest BCUT2D eigenvalue weighted by Gasteiger charge is 2.17. The lowest BCUT2D eigenvalue weighted by atomic mass is 10.3. The third kappa shape index (κ3) is 2.90. The van der Waals surface area contributed by atoms with Gasteiger partial charge in [0.25, 0.3) is 0 Å². The average molecular weight is 299 g/mol. The molecular weight excluding hydrogens is 288 g/mol. The van der Waals surface area contributed by atoms with Crippen molar-refractivity contribution in [3.8, 4) is 0 Å². The molecule has 2 rings (SSSR count). The SMILES string of the molecule is Cc1nc(Nc2cccc(S(C)(=O)=O)c2F)ncc1F. The highest BCUT2D eigenvalue weighted by molar-refractivity contribution is 7.90. The van der Waals surface area contributed by atoms with Crippen molar-refractivity contribution >= 4 is 21.5 Å². The van der Waals surface area contributed by atoms with Crippen LogP contribution < -0.4 is 5.32 Å². The fourth-order valence-corrected chi connectivity index (χ4v) is 2.29. The first-order valence-corrected chi connectivity index (χ1v) is 7.43. The molecule has 0 radical (unpaired) electrons. The topological polar surface area (TPSA) is 72.0 Å². The molecule has 0 amide bonds. The van der Waals surface area contributed by atoms with E-state index in [-0.39, 0.29) is 17.3 Å². The van der Waals surface area contributed by atoms with Gasteiger partial charge < -0.3 is 5.32 Å². The van der Waals surface area contributed by atoms with Crippen molar-refractivity contribution in [3.05, 3.63) is 41.7 Å². The Morgan fingerprint density at radius 2 is 1.95 bits per heavy atom. The fourth-order valence-electron chi connectivity index (χ4n) is 1.53. The van der Waals surface area contributed by atoms with Gasteiger partial charge in [-0.15, -0.1) is 0 Å². The lowest BCUT2D eigenvalue weighted by Gasteiger charge is -2.09. The molecule has 1 aromatic heterocycles. The van der Waals surface area contributed by atoms with Crippen LogP contribution in [0.2, 0.25) is 0 Å². The minimum absolute atomic E-state index is 0.0200. The molecule has 5 nitrogen and oxygen atoms in total. The van der Waals surface area contributed by atoms with Crippen LogP contribution in [-0.4, -0.2) is 24.6 Å². The minimum Gasteiger partial charge on any atom is -0.322 e. The Balaban J connectivity index is 2.42. The monoisotopic (exact) mass is 299 g/mol. The summed E-state index contributed by atoms with van der Waals surface area (Å²) in [6, 6.07) is 3.89. The van der Waals surface area contributed by atoms with Crippen LogP contribution in [0.25, 0.3) is 0 Å². The number of benzene rings is 1. The van der Waals surface area contributed by atoms with E-state index in [9.17, 15) is 17.2 Å². The zero-order valence-corrected chi connectivity index (χ0v) is 11.5. The predicted molar refractivity (Wildman–Crippen MR) is 69.5 cm³/mol. The van der Waals surface area contributed by atoms with E-state index in [0.717, 1.165) is 18.5 Å². The molecule has 8 heteroatoms. The van der Waals surface area contributed by atoms with Gasteiger partial charge in [-0.05, 0) is 19.1 Å². The van der Waals surface area contributed by atoms with Crippen LogP contribution in [0.3, 0.4) is 0 Å². The second-order valence-electron chi connectivity index (χ2n) is 4.14. The molecule has 0 aliphatic heterocycles. The first-order valence-electron chi connectivity index (χ1n) is 5.54. The number of anilines is 2. The maximum Gasteiger partial charge on any atom is 0.227 e. The fraction of sp³-hybridized carbons (Fsp3) is 0.167. The average Bonchev–Trinajstić information content (AvgIpc) is 2.35. The number of nitrogens with zero attached hydrogens (tertiary/aromatic N) is 2. The molecule has 1 aromatic carbocycles. The molecule has 0 saturated carbocycles. The van der Waals surface area contributed by atoms with Crippen LogP contribution in [0.15, 0.2) is 29.3 Å². The lowest BCUT2D eigenvalue weighted by molar-refractivity contribution is 0.573. The van der Waals surface area contributed by atoms with Gasteiger partial charge in [-0.3, -0.25) is 0 Å². The number of halogens is 2. The number of rotatable bonds is 3. The molecule has 0 spiro atoms. The standard InChI is InChI=1S/C12H11F2N3O2S/c1-7-8(13)6-15-12(16-7)17-9-4-3-5-10(11(9)14)20(2,18)19/h3-6H,1-2H3,(H,15,16,17). The van der Waals surface area contributed by atoms with E-state index in [1.165, 1.54) is 19.1 Å². The molecule has 20 heavy (non-hydrogen) atoms. The van der Waals surface area contributed by atoms with Crippen LogP contribution in [-0.2, 0) is 9.84 Å². The Morgan fingerprint density at radius 1 is 1.25 bits per heavy atom. The number of nitrogens with one attached hydrogen (secondary N) is 1. The minimum atomic E-state index is -3.68. The van der Waals surface area contributed by atoms with Crippen molar-refractivity contribution < 1.29 is 17.2 Å². The Kier molecular flexibility index (Phi) is 3.67. The molecule has 1 heterocycles. The highest BCUT2D eigenvalue weighted by Crippen LogP contribution is 2.24. The van der Waals surface area contributed by atoms with Crippen molar-refractivity contribution in [1.29, 1.82) is 0 Å². The summed E-state index contributed by atoms with van der Waals surface area (Å²) in [6.45, 7) is 1.44. The number of sulfone groups is 1. The molecular formula is C12H11F2N3O2S. The van der Waals surface area contributed by atoms with Gasteiger partial charge >= 0.3 is 0 Å². The molecule has 0 aliphatic rings. The van der Waals surface area contributed by atoms with Gasteiger partial charge in [-0.2, -0.15) is 0 Å². The molecule has 106 valence electrons. The van der Waals surface area contributed by atoms with Crippen LogP contribution in [0.4, 0.5) is 20.4 Å². The molecule has 0 saturated heterocycles. The van der Waals surface area contributed by atoms with E-state index in [0.29, 0.717) is 0 Å². The van der Waals surface area contributed by atoms with Gasteiger partial charge in [0.1, 0.15) is 4.90 Å². The summed E-state index contributed by atoms with van der Waals surface area (Å²) in [5, 5.41) is 2.52. The van der Waals surface area contributed by atoms with E-state index in [2.05, 4.69) is 15.3 Å². The van der Waals surface area contributed by atoms with E-state index in [4.69, 9.17) is 0 Å². The summed E-state index contributed by atoms with van der Waals surface area (Å²) in [6.07, 6.45) is 1.86. The van der Waals surface area contributed by atoms with Crippen LogP contribution >= 0.6 is 0 Å². The van der Waals surface area contributed by atoms with Crippen LogP contribution in [0.1, 0.15) is 5.69 Å².